The summed E-state index contributed by atoms with van der Waals surface area (Å²) in [6.45, 7) is 5.03. The average molecular weight is 325 g/mol. The topological polar surface area (TPSA) is 44.8 Å². The summed E-state index contributed by atoms with van der Waals surface area (Å²) in [6, 6.07) is 15.8. The van der Waals surface area contributed by atoms with E-state index in [1.807, 2.05) is 54.3 Å². The lowest BCUT2D eigenvalue weighted by Crippen LogP contribution is -2.50. The smallest absolute Gasteiger partial charge is 0.321 e. The SMILES string of the molecule is COc1cccc(N2CCN(C(=O)Nc3ccccc3C)CC2)c1. The van der Waals surface area contributed by atoms with Crippen LogP contribution in [-0.2, 0) is 0 Å². The first kappa shape index (κ1) is 16.2. The molecule has 1 fully saturated rings. The highest BCUT2D eigenvalue weighted by Crippen LogP contribution is 2.22. The molecule has 3 rings (SSSR count). The number of anilines is 2. The average Bonchev–Trinajstić information content (AvgIpc) is 2.64. The first-order valence-electron chi connectivity index (χ1n) is 8.18. The second kappa shape index (κ2) is 7.25. The predicted molar refractivity (Wildman–Crippen MR) is 97.0 cm³/mol. The molecule has 0 saturated carbocycles. The minimum absolute atomic E-state index is 0.0328. The second-order valence-corrected chi connectivity index (χ2v) is 5.92. The summed E-state index contributed by atoms with van der Waals surface area (Å²) in [5, 5.41) is 3.00. The quantitative estimate of drug-likeness (QED) is 0.941. The van der Waals surface area contributed by atoms with E-state index in [0.717, 1.165) is 35.8 Å². The molecule has 0 aliphatic carbocycles. The molecule has 1 heterocycles. The van der Waals surface area contributed by atoms with Gasteiger partial charge in [-0.25, -0.2) is 4.79 Å². The van der Waals surface area contributed by atoms with Crippen LogP contribution in [0.4, 0.5) is 16.2 Å². The van der Waals surface area contributed by atoms with Crippen LogP contribution in [0, 0.1) is 6.92 Å². The van der Waals surface area contributed by atoms with E-state index in [1.165, 1.54) is 0 Å². The van der Waals surface area contributed by atoms with Gasteiger partial charge in [0.05, 0.1) is 7.11 Å². The summed E-state index contributed by atoms with van der Waals surface area (Å²) in [6.07, 6.45) is 0. The predicted octanol–water partition coefficient (Wildman–Crippen LogP) is 3.36. The number of carbonyl (C=O) groups excluding carboxylic acids is 1. The van der Waals surface area contributed by atoms with Crippen molar-refractivity contribution in [1.29, 1.82) is 0 Å². The van der Waals surface area contributed by atoms with Crippen LogP contribution in [0.3, 0.4) is 0 Å². The summed E-state index contributed by atoms with van der Waals surface area (Å²) in [5.74, 6) is 0.854. The molecule has 1 aliphatic rings. The molecule has 0 aromatic heterocycles. The van der Waals surface area contributed by atoms with E-state index in [9.17, 15) is 4.79 Å². The third-order valence-electron chi connectivity index (χ3n) is 4.37. The van der Waals surface area contributed by atoms with Crippen molar-refractivity contribution in [3.05, 3.63) is 54.1 Å². The molecule has 0 bridgehead atoms. The number of benzene rings is 2. The van der Waals surface area contributed by atoms with E-state index < -0.39 is 0 Å². The number of methoxy groups -OCH3 is 1. The van der Waals surface area contributed by atoms with Crippen molar-refractivity contribution >= 4 is 17.4 Å². The second-order valence-electron chi connectivity index (χ2n) is 5.92. The monoisotopic (exact) mass is 325 g/mol. The highest BCUT2D eigenvalue weighted by Gasteiger charge is 2.21. The highest BCUT2D eigenvalue weighted by molar-refractivity contribution is 5.90. The van der Waals surface area contributed by atoms with Gasteiger partial charge >= 0.3 is 6.03 Å². The fraction of sp³-hybridized carbons (Fsp3) is 0.316. The molecule has 126 valence electrons. The van der Waals surface area contributed by atoms with Crippen LogP contribution in [0.15, 0.2) is 48.5 Å². The number of piperazine rings is 1. The standard InChI is InChI=1S/C19H23N3O2/c1-15-6-3-4-9-18(15)20-19(23)22-12-10-21(11-13-22)16-7-5-8-17(14-16)24-2/h3-9,14H,10-13H2,1-2H3,(H,20,23). The Kier molecular flexibility index (Phi) is 4.89. The lowest BCUT2D eigenvalue weighted by atomic mass is 10.2. The van der Waals surface area contributed by atoms with Crippen molar-refractivity contribution in [2.75, 3.05) is 43.5 Å². The van der Waals surface area contributed by atoms with Gasteiger partial charge in [-0.3, -0.25) is 0 Å². The van der Waals surface area contributed by atoms with Crippen LogP contribution >= 0.6 is 0 Å². The Hall–Kier alpha value is -2.69. The van der Waals surface area contributed by atoms with Gasteiger partial charge in [0, 0.05) is 43.6 Å². The number of aryl methyl sites for hydroxylation is 1. The van der Waals surface area contributed by atoms with E-state index in [0.29, 0.717) is 13.1 Å². The molecule has 2 amide bonds. The Morgan fingerprint density at radius 2 is 1.79 bits per heavy atom. The zero-order chi connectivity index (χ0) is 16.9. The Morgan fingerprint density at radius 3 is 2.50 bits per heavy atom. The molecule has 0 atom stereocenters. The number of para-hydroxylation sites is 1. The number of carbonyl (C=O) groups is 1. The van der Waals surface area contributed by atoms with Crippen LogP contribution in [0.5, 0.6) is 5.75 Å². The molecule has 1 N–H and O–H groups in total. The van der Waals surface area contributed by atoms with Crippen molar-refractivity contribution in [2.45, 2.75) is 6.92 Å². The maximum absolute atomic E-state index is 12.4. The van der Waals surface area contributed by atoms with Gasteiger partial charge in [-0.2, -0.15) is 0 Å². The Morgan fingerprint density at radius 1 is 1.04 bits per heavy atom. The van der Waals surface area contributed by atoms with Crippen molar-refractivity contribution in [3.8, 4) is 5.75 Å². The minimum Gasteiger partial charge on any atom is -0.497 e. The van der Waals surface area contributed by atoms with Gasteiger partial charge in [0.1, 0.15) is 5.75 Å². The van der Waals surface area contributed by atoms with Crippen LogP contribution < -0.4 is 15.0 Å². The van der Waals surface area contributed by atoms with E-state index in [4.69, 9.17) is 4.74 Å². The highest BCUT2D eigenvalue weighted by atomic mass is 16.5. The van der Waals surface area contributed by atoms with Crippen molar-refractivity contribution in [3.63, 3.8) is 0 Å². The van der Waals surface area contributed by atoms with Crippen molar-refractivity contribution in [2.24, 2.45) is 0 Å². The van der Waals surface area contributed by atoms with E-state index >= 15 is 0 Å². The summed E-state index contributed by atoms with van der Waals surface area (Å²) in [5.41, 5.74) is 3.08. The number of amides is 2. The number of rotatable bonds is 3. The fourth-order valence-electron chi connectivity index (χ4n) is 2.88. The molecule has 5 heteroatoms. The zero-order valence-corrected chi connectivity index (χ0v) is 14.2. The van der Waals surface area contributed by atoms with E-state index in [-0.39, 0.29) is 6.03 Å². The summed E-state index contributed by atoms with van der Waals surface area (Å²) < 4.78 is 5.28. The Labute approximate surface area is 142 Å². The van der Waals surface area contributed by atoms with Crippen LogP contribution in [0.2, 0.25) is 0 Å². The first-order chi connectivity index (χ1) is 11.7. The maximum Gasteiger partial charge on any atom is 0.321 e. The number of hydrogen-bond donors (Lipinski definition) is 1. The van der Waals surface area contributed by atoms with Gasteiger partial charge in [-0.05, 0) is 30.7 Å². The van der Waals surface area contributed by atoms with Crippen LogP contribution in [-0.4, -0.2) is 44.2 Å². The third-order valence-corrected chi connectivity index (χ3v) is 4.37. The van der Waals surface area contributed by atoms with Gasteiger partial charge in [0.25, 0.3) is 0 Å². The largest absolute Gasteiger partial charge is 0.497 e. The Bertz CT molecular complexity index is 709. The van der Waals surface area contributed by atoms with Crippen molar-refractivity contribution in [1.82, 2.24) is 4.90 Å². The van der Waals surface area contributed by atoms with Crippen molar-refractivity contribution < 1.29 is 9.53 Å². The number of nitrogens with one attached hydrogen (secondary N) is 1. The fourth-order valence-corrected chi connectivity index (χ4v) is 2.88. The normalized spacial score (nSPS) is 14.4. The van der Waals surface area contributed by atoms with Gasteiger partial charge in [-0.1, -0.05) is 24.3 Å². The molecule has 2 aromatic carbocycles. The lowest BCUT2D eigenvalue weighted by Gasteiger charge is -2.36. The molecule has 5 nitrogen and oxygen atoms in total. The van der Waals surface area contributed by atoms with E-state index in [1.54, 1.807) is 7.11 Å². The van der Waals surface area contributed by atoms with Gasteiger partial charge in [0.2, 0.25) is 0 Å². The Balaban J connectivity index is 1.58. The van der Waals surface area contributed by atoms with Crippen LogP contribution in [0.1, 0.15) is 5.56 Å². The third kappa shape index (κ3) is 3.62. The molecular weight excluding hydrogens is 302 g/mol. The molecule has 0 radical (unpaired) electrons. The molecule has 24 heavy (non-hydrogen) atoms. The zero-order valence-electron chi connectivity index (χ0n) is 14.2. The summed E-state index contributed by atoms with van der Waals surface area (Å²) in [7, 11) is 1.67. The lowest BCUT2D eigenvalue weighted by molar-refractivity contribution is 0.208. The van der Waals surface area contributed by atoms with Crippen LogP contribution in [0.25, 0.3) is 0 Å². The number of ether oxygens (including phenoxy) is 1. The summed E-state index contributed by atoms with van der Waals surface area (Å²) >= 11 is 0. The molecule has 0 spiro atoms. The minimum atomic E-state index is -0.0328. The maximum atomic E-state index is 12.4. The van der Waals surface area contributed by atoms with Gasteiger partial charge in [0.15, 0.2) is 0 Å². The molecule has 0 unspecified atom stereocenters. The first-order valence-corrected chi connectivity index (χ1v) is 8.18. The number of urea groups is 1. The summed E-state index contributed by atoms with van der Waals surface area (Å²) in [4.78, 5) is 16.6. The molecule has 1 aliphatic heterocycles. The molecule has 2 aromatic rings. The number of nitrogens with zero attached hydrogens (tertiary/aromatic N) is 2. The van der Waals surface area contributed by atoms with Gasteiger partial charge in [-0.15, -0.1) is 0 Å². The number of hydrogen-bond acceptors (Lipinski definition) is 3. The van der Waals surface area contributed by atoms with Gasteiger partial charge < -0.3 is 19.9 Å². The molecular formula is C19H23N3O2. The molecule has 1 saturated heterocycles. The van der Waals surface area contributed by atoms with E-state index in [2.05, 4.69) is 16.3 Å².